The fourth-order valence-corrected chi connectivity index (χ4v) is 4.51. The maximum Gasteiger partial charge on any atom is 0.490 e. The van der Waals surface area contributed by atoms with E-state index in [1.807, 2.05) is 31.2 Å². The van der Waals surface area contributed by atoms with E-state index in [-0.39, 0.29) is 12.5 Å². The second-order valence-electron chi connectivity index (χ2n) is 7.47. The molecule has 0 atom stereocenters. The highest BCUT2D eigenvalue weighted by Gasteiger charge is 2.38. The molecule has 0 unspecified atom stereocenters. The predicted octanol–water partition coefficient (Wildman–Crippen LogP) is 3.14. The normalized spacial score (nSPS) is 12.0. The van der Waals surface area contributed by atoms with E-state index < -0.39 is 12.1 Å². The topological polar surface area (TPSA) is 135 Å². The third kappa shape index (κ3) is 5.78. The highest BCUT2D eigenvalue weighted by molar-refractivity contribution is 7.15. The Bertz CT molecular complexity index is 1400. The average Bonchev–Trinajstić information content (AvgIpc) is 3.26. The number of benzene rings is 1. The number of halogens is 3. The number of rotatable bonds is 2. The summed E-state index contributed by atoms with van der Waals surface area (Å²) in [6, 6.07) is 7.62. The number of aromatic nitrogens is 3. The molecule has 4 rings (SSSR count). The van der Waals surface area contributed by atoms with Gasteiger partial charge in [-0.2, -0.15) is 13.2 Å². The van der Waals surface area contributed by atoms with Crippen molar-refractivity contribution in [1.29, 1.82) is 0 Å². The number of nitrogens with two attached hydrogens (primary N) is 1. The van der Waals surface area contributed by atoms with Crippen LogP contribution in [-0.4, -0.2) is 50.2 Å². The molecule has 0 saturated carbocycles. The number of hydrogen-bond donors (Lipinski definition) is 3. The Hall–Kier alpha value is -4.02. The molecule has 1 aliphatic rings. The van der Waals surface area contributed by atoms with Gasteiger partial charge in [0.15, 0.2) is 5.82 Å². The molecule has 0 bridgehead atoms. The molecule has 2 aromatic heterocycles. The zero-order valence-corrected chi connectivity index (χ0v) is 20.2. The first-order valence-corrected chi connectivity index (χ1v) is 11.2. The van der Waals surface area contributed by atoms with Gasteiger partial charge in [-0.15, -0.1) is 21.5 Å². The van der Waals surface area contributed by atoms with Crippen LogP contribution in [0, 0.1) is 32.6 Å². The standard InChI is InChI=1S/C21H20N6OS.C2HF3O2/c1-12-13(2)29-21-19(12)20(23-11-17-26-25-14(3)27(17)21)15-6-8-16(9-7-15)24-18(28)5-4-10-22;3-2(4,5)1(6)7/h6-9H,10-11,22H2,1-3H3,(H,24,28);(H,6,7). The number of thiophene rings is 1. The molecule has 3 aromatic rings. The van der Waals surface area contributed by atoms with Crippen LogP contribution in [0.1, 0.15) is 33.2 Å². The summed E-state index contributed by atoms with van der Waals surface area (Å²) in [7, 11) is 0. The number of aliphatic imine (C=N–C) groups is 1. The Labute approximate surface area is 207 Å². The smallest absolute Gasteiger partial charge is 0.475 e. The number of nitrogens with zero attached hydrogens (tertiary/aromatic N) is 4. The molecule has 188 valence electrons. The second kappa shape index (κ2) is 10.7. The van der Waals surface area contributed by atoms with Crippen LogP contribution in [0.5, 0.6) is 0 Å². The van der Waals surface area contributed by atoms with Gasteiger partial charge in [0.2, 0.25) is 0 Å². The number of hydrogen-bond acceptors (Lipinski definition) is 7. The highest BCUT2D eigenvalue weighted by atomic mass is 32.1. The van der Waals surface area contributed by atoms with Crippen molar-refractivity contribution in [1.82, 2.24) is 14.8 Å². The van der Waals surface area contributed by atoms with Gasteiger partial charge in [-0.25, -0.2) is 4.79 Å². The molecule has 36 heavy (non-hydrogen) atoms. The largest absolute Gasteiger partial charge is 0.490 e. The third-order valence-electron chi connectivity index (χ3n) is 5.04. The van der Waals surface area contributed by atoms with E-state index in [1.165, 1.54) is 10.4 Å². The maximum atomic E-state index is 11.8. The number of carboxylic acid groups (broad SMARTS) is 1. The number of aliphatic carboxylic acids is 1. The van der Waals surface area contributed by atoms with Crippen LogP contribution >= 0.6 is 11.3 Å². The highest BCUT2D eigenvalue weighted by Crippen LogP contribution is 2.36. The van der Waals surface area contributed by atoms with Crippen molar-refractivity contribution in [3.05, 3.63) is 57.5 Å². The molecule has 0 saturated heterocycles. The number of anilines is 1. The van der Waals surface area contributed by atoms with Gasteiger partial charge < -0.3 is 16.2 Å². The van der Waals surface area contributed by atoms with Crippen LogP contribution in [0.2, 0.25) is 0 Å². The lowest BCUT2D eigenvalue weighted by Crippen LogP contribution is -2.21. The zero-order valence-electron chi connectivity index (χ0n) is 19.4. The Morgan fingerprint density at radius 1 is 1.19 bits per heavy atom. The summed E-state index contributed by atoms with van der Waals surface area (Å²) >= 11 is 1.73. The first-order chi connectivity index (χ1) is 16.9. The summed E-state index contributed by atoms with van der Waals surface area (Å²) in [5, 5.41) is 19.5. The Balaban J connectivity index is 0.000000454. The zero-order chi connectivity index (χ0) is 26.6. The number of carbonyl (C=O) groups is 2. The first kappa shape index (κ1) is 26.6. The van der Waals surface area contributed by atoms with Crippen LogP contribution < -0.4 is 11.1 Å². The minimum atomic E-state index is -5.08. The SMILES string of the molecule is Cc1sc2c(c1C)C(c1ccc(NC(=O)C#CCN)cc1)=NCc1nnc(C)n1-2.O=C(O)C(F)(F)F. The summed E-state index contributed by atoms with van der Waals surface area (Å²) < 4.78 is 33.8. The fraction of sp³-hybridized carbons (Fsp3) is 0.261. The molecule has 0 radical (unpaired) electrons. The van der Waals surface area contributed by atoms with Crippen molar-refractivity contribution in [3.63, 3.8) is 0 Å². The molecule has 0 spiro atoms. The van der Waals surface area contributed by atoms with E-state index in [4.69, 9.17) is 20.6 Å². The van der Waals surface area contributed by atoms with Gasteiger partial charge in [0, 0.05) is 21.7 Å². The van der Waals surface area contributed by atoms with Gasteiger partial charge >= 0.3 is 12.1 Å². The van der Waals surface area contributed by atoms with Crippen molar-refractivity contribution >= 4 is 34.6 Å². The van der Waals surface area contributed by atoms with Crippen LogP contribution in [0.4, 0.5) is 18.9 Å². The molecular formula is C23H21F3N6O3S. The molecule has 9 nitrogen and oxygen atoms in total. The lowest BCUT2D eigenvalue weighted by molar-refractivity contribution is -0.192. The first-order valence-electron chi connectivity index (χ1n) is 10.4. The van der Waals surface area contributed by atoms with E-state index in [0.29, 0.717) is 12.2 Å². The van der Waals surface area contributed by atoms with Crippen molar-refractivity contribution in [3.8, 4) is 16.8 Å². The van der Waals surface area contributed by atoms with Gasteiger partial charge in [-0.05, 0) is 44.4 Å². The number of nitrogens with one attached hydrogen (secondary N) is 1. The van der Waals surface area contributed by atoms with Crippen LogP contribution in [0.25, 0.3) is 5.00 Å². The molecule has 1 aliphatic heterocycles. The summed E-state index contributed by atoms with van der Waals surface area (Å²) in [5.74, 6) is 3.55. The van der Waals surface area contributed by atoms with Crippen molar-refractivity contribution < 1.29 is 27.9 Å². The van der Waals surface area contributed by atoms with Crippen LogP contribution in [-0.2, 0) is 16.1 Å². The van der Waals surface area contributed by atoms with E-state index in [2.05, 4.69) is 45.8 Å². The molecule has 3 heterocycles. The van der Waals surface area contributed by atoms with E-state index >= 15 is 0 Å². The predicted molar refractivity (Wildman–Crippen MR) is 128 cm³/mol. The van der Waals surface area contributed by atoms with Crippen LogP contribution in [0.15, 0.2) is 29.3 Å². The minimum Gasteiger partial charge on any atom is -0.475 e. The average molecular weight is 519 g/mol. The Morgan fingerprint density at radius 2 is 1.83 bits per heavy atom. The third-order valence-corrected chi connectivity index (χ3v) is 6.23. The van der Waals surface area contributed by atoms with Gasteiger partial charge in [0.1, 0.15) is 17.4 Å². The number of carbonyl (C=O) groups excluding carboxylic acids is 1. The van der Waals surface area contributed by atoms with E-state index in [1.54, 1.807) is 11.3 Å². The fourth-order valence-electron chi connectivity index (χ4n) is 3.29. The summed E-state index contributed by atoms with van der Waals surface area (Å²) in [6.45, 7) is 6.81. The molecule has 1 amide bonds. The quantitative estimate of drug-likeness (QED) is 0.446. The summed E-state index contributed by atoms with van der Waals surface area (Å²) in [5.41, 5.74) is 10.2. The van der Waals surface area contributed by atoms with Gasteiger partial charge in [-0.3, -0.25) is 14.4 Å². The molecule has 4 N–H and O–H groups in total. The van der Waals surface area contributed by atoms with Crippen LogP contribution in [0.3, 0.4) is 0 Å². The summed E-state index contributed by atoms with van der Waals surface area (Å²) in [6.07, 6.45) is -5.08. The molecular weight excluding hydrogens is 497 g/mol. The van der Waals surface area contributed by atoms with Crippen molar-refractivity contribution in [2.24, 2.45) is 10.7 Å². The van der Waals surface area contributed by atoms with Crippen molar-refractivity contribution in [2.45, 2.75) is 33.5 Å². The molecule has 1 aromatic carbocycles. The van der Waals surface area contributed by atoms with E-state index in [0.717, 1.165) is 33.5 Å². The van der Waals surface area contributed by atoms with Gasteiger partial charge in [0.25, 0.3) is 5.91 Å². The maximum absolute atomic E-state index is 11.8. The lowest BCUT2D eigenvalue weighted by Gasteiger charge is -2.10. The molecule has 0 aliphatic carbocycles. The Morgan fingerprint density at radius 3 is 2.42 bits per heavy atom. The Kier molecular flexibility index (Phi) is 7.91. The van der Waals surface area contributed by atoms with E-state index in [9.17, 15) is 18.0 Å². The molecule has 0 fully saturated rings. The van der Waals surface area contributed by atoms with Gasteiger partial charge in [0.05, 0.1) is 12.3 Å². The number of carboxylic acids is 1. The lowest BCUT2D eigenvalue weighted by atomic mass is 9.99. The number of fused-ring (bicyclic) bond motifs is 3. The monoisotopic (exact) mass is 518 g/mol. The number of amides is 1. The summed E-state index contributed by atoms with van der Waals surface area (Å²) in [4.78, 5) is 26.8. The molecule has 13 heteroatoms. The number of alkyl halides is 3. The van der Waals surface area contributed by atoms with Crippen molar-refractivity contribution in [2.75, 3.05) is 11.9 Å². The number of aryl methyl sites for hydroxylation is 2. The van der Waals surface area contributed by atoms with Gasteiger partial charge in [-0.1, -0.05) is 18.1 Å². The second-order valence-corrected chi connectivity index (χ2v) is 8.67. The minimum absolute atomic E-state index is 0.153.